The summed E-state index contributed by atoms with van der Waals surface area (Å²) in [6.45, 7) is 16.9. The fraction of sp³-hybridized carbons (Fsp3) is 0.583. The van der Waals surface area contributed by atoms with Gasteiger partial charge in [-0.15, -0.1) is 10.2 Å². The summed E-state index contributed by atoms with van der Waals surface area (Å²) in [4.78, 5) is 25.7. The molecule has 0 N–H and O–H groups in total. The van der Waals surface area contributed by atoms with E-state index in [0.29, 0.717) is 0 Å². The van der Waals surface area contributed by atoms with E-state index in [1.807, 2.05) is 39.0 Å². The van der Waals surface area contributed by atoms with E-state index in [4.69, 9.17) is 4.74 Å². The van der Waals surface area contributed by atoms with Crippen molar-refractivity contribution in [1.29, 1.82) is 0 Å². The van der Waals surface area contributed by atoms with Gasteiger partial charge in [0.2, 0.25) is 0 Å². The molecule has 6 heterocycles. The minimum atomic E-state index is 0.759. The van der Waals surface area contributed by atoms with Crippen molar-refractivity contribution in [3.8, 4) is 0 Å². The van der Waals surface area contributed by atoms with Crippen molar-refractivity contribution in [2.75, 3.05) is 73.6 Å². The predicted molar refractivity (Wildman–Crippen MR) is 196 cm³/mol. The maximum absolute atomic E-state index is 5.10. The highest BCUT2D eigenvalue weighted by atomic mass is 16.5. The zero-order valence-electron chi connectivity index (χ0n) is 31.0. The van der Waals surface area contributed by atoms with Gasteiger partial charge in [0, 0.05) is 13.1 Å². The highest BCUT2D eigenvalue weighted by Crippen LogP contribution is 2.05. The molecule has 3 aliphatic rings. The van der Waals surface area contributed by atoms with Crippen LogP contribution in [0.1, 0.15) is 61.3 Å². The maximum atomic E-state index is 5.10. The Kier molecular flexibility index (Phi) is 26.5. The molecule has 3 saturated heterocycles. The molecule has 1 aromatic carbocycles. The normalized spacial score (nSPS) is 15.8. The van der Waals surface area contributed by atoms with Crippen LogP contribution >= 0.6 is 0 Å². The highest BCUT2D eigenvalue weighted by molar-refractivity contribution is 5.11. The average molecular weight is 677 g/mol. The van der Waals surface area contributed by atoms with Gasteiger partial charge in [0.15, 0.2) is 0 Å². The Hall–Kier alpha value is -3.91. The predicted octanol–water partition coefficient (Wildman–Crippen LogP) is 4.69. The summed E-state index contributed by atoms with van der Waals surface area (Å²) in [6, 6.07) is 10.3. The second kappa shape index (κ2) is 30.2. The number of morpholine rings is 1. The number of benzene rings is 1. The number of rotatable bonds is 0. The van der Waals surface area contributed by atoms with Gasteiger partial charge in [-0.1, -0.05) is 48.7 Å². The number of likely N-dealkylation sites (N-methyl/N-ethyl adjacent to an activating group) is 1. The molecule has 0 atom stereocenters. The molecule has 3 aromatic heterocycles. The van der Waals surface area contributed by atoms with Gasteiger partial charge in [-0.05, 0) is 101 Å². The minimum absolute atomic E-state index is 0.759. The molecule has 0 unspecified atom stereocenters. The van der Waals surface area contributed by atoms with Gasteiger partial charge < -0.3 is 19.4 Å². The van der Waals surface area contributed by atoms with Gasteiger partial charge in [0.05, 0.1) is 37.0 Å². The fourth-order valence-corrected chi connectivity index (χ4v) is 4.20. The molecule has 270 valence electrons. The first-order chi connectivity index (χ1) is 23.8. The summed E-state index contributed by atoms with van der Waals surface area (Å²) in [5.74, 6) is 0.759. The largest absolute Gasteiger partial charge is 0.379 e. The van der Waals surface area contributed by atoms with Crippen LogP contribution in [0.2, 0.25) is 0 Å². The lowest BCUT2D eigenvalue weighted by Crippen LogP contribution is -2.32. The number of hydrogen-bond acceptors (Lipinski definition) is 13. The summed E-state index contributed by atoms with van der Waals surface area (Å²) in [6.07, 6.45) is 17.6. The molecule has 0 amide bonds. The molecule has 3 fully saturated rings. The Morgan fingerprint density at radius 3 is 1.31 bits per heavy atom. The van der Waals surface area contributed by atoms with Gasteiger partial charge >= 0.3 is 0 Å². The quantitative estimate of drug-likeness (QED) is 0.255. The SMILES string of the molecule is CN1CCCCC1.CN1CCCCC1.CN1CCOCC1.Cc1ccccc1.Cc1cncnn1.Cc1cnncn1.Cc1ncncn1. The molecule has 49 heavy (non-hydrogen) atoms. The maximum Gasteiger partial charge on any atom is 0.138 e. The molecule has 4 aromatic rings. The smallest absolute Gasteiger partial charge is 0.138 e. The van der Waals surface area contributed by atoms with Gasteiger partial charge in [-0.2, -0.15) is 10.2 Å². The van der Waals surface area contributed by atoms with E-state index in [2.05, 4.69) is 100 Å². The number of likely N-dealkylation sites (tertiary alicyclic amines) is 2. The van der Waals surface area contributed by atoms with Crippen molar-refractivity contribution >= 4 is 0 Å². The monoisotopic (exact) mass is 677 g/mol. The number of aryl methyl sites for hydroxylation is 4. The van der Waals surface area contributed by atoms with Crippen LogP contribution < -0.4 is 0 Å². The third kappa shape index (κ3) is 28.8. The van der Waals surface area contributed by atoms with Crippen LogP contribution in [0.3, 0.4) is 0 Å². The number of aromatic nitrogens is 9. The molecule has 13 nitrogen and oxygen atoms in total. The Balaban J connectivity index is 0.000000286. The first-order valence-electron chi connectivity index (χ1n) is 17.2. The molecule has 0 bridgehead atoms. The van der Waals surface area contributed by atoms with E-state index < -0.39 is 0 Å². The van der Waals surface area contributed by atoms with Gasteiger partial charge in [0.25, 0.3) is 0 Å². The third-order valence-electron chi connectivity index (χ3n) is 7.18. The van der Waals surface area contributed by atoms with E-state index >= 15 is 0 Å². The first-order valence-corrected chi connectivity index (χ1v) is 17.2. The van der Waals surface area contributed by atoms with Crippen LogP contribution in [-0.4, -0.2) is 134 Å². The molecule has 13 heteroatoms. The van der Waals surface area contributed by atoms with Crippen molar-refractivity contribution < 1.29 is 4.74 Å². The standard InChI is InChI=1S/C7H8.2C6H13N.C5H11NO.3C4H5N3/c3*1-7-5-3-2-4-6-7;1-6-2-4-7-5-3-6;1-4-6-2-5-3-7-4;1-4-2-6-7-3-5-4;1-4-2-5-3-6-7-4/h2-6H,1H3;2*2-6H2,1H3;2-5H2,1H3;3*2-3H,1H3. The summed E-state index contributed by atoms with van der Waals surface area (Å²) in [5.41, 5.74) is 3.07. The van der Waals surface area contributed by atoms with E-state index in [0.717, 1.165) is 43.5 Å². The first kappa shape index (κ1) is 43.1. The fourth-order valence-electron chi connectivity index (χ4n) is 4.20. The Bertz CT molecular complexity index is 1040. The molecule has 7 rings (SSSR count). The summed E-state index contributed by atoms with van der Waals surface area (Å²) in [5, 5.41) is 14.2. The van der Waals surface area contributed by atoms with Crippen molar-refractivity contribution in [3.05, 3.63) is 90.8 Å². The Labute approximate surface area is 295 Å². The molecule has 0 spiro atoms. The molecular formula is C36H60N12O. The molecular weight excluding hydrogens is 616 g/mol. The van der Waals surface area contributed by atoms with Crippen LogP contribution in [0.5, 0.6) is 0 Å². The van der Waals surface area contributed by atoms with Crippen LogP contribution in [0.25, 0.3) is 0 Å². The number of piperidine rings is 2. The Morgan fingerprint density at radius 2 is 1.06 bits per heavy atom. The lowest BCUT2D eigenvalue weighted by Gasteiger charge is -2.21. The van der Waals surface area contributed by atoms with Crippen LogP contribution in [-0.2, 0) is 4.74 Å². The molecule has 0 saturated carbocycles. The average Bonchev–Trinajstić information content (AvgIpc) is 3.12. The Morgan fingerprint density at radius 1 is 0.510 bits per heavy atom. The van der Waals surface area contributed by atoms with Crippen molar-refractivity contribution in [2.45, 2.75) is 66.2 Å². The summed E-state index contributed by atoms with van der Waals surface area (Å²) < 4.78 is 5.10. The molecule has 3 aliphatic heterocycles. The molecule has 0 radical (unpaired) electrons. The van der Waals surface area contributed by atoms with E-state index in [-0.39, 0.29) is 0 Å². The second-order valence-electron chi connectivity index (χ2n) is 12.0. The number of nitrogens with zero attached hydrogens (tertiary/aromatic N) is 12. The van der Waals surface area contributed by atoms with Gasteiger partial charge in [-0.3, -0.25) is 0 Å². The highest BCUT2D eigenvalue weighted by Gasteiger charge is 2.03. The lowest BCUT2D eigenvalue weighted by atomic mass is 10.1. The second-order valence-corrected chi connectivity index (χ2v) is 12.0. The van der Waals surface area contributed by atoms with Crippen LogP contribution in [0.15, 0.2) is 68.0 Å². The van der Waals surface area contributed by atoms with E-state index in [9.17, 15) is 0 Å². The van der Waals surface area contributed by atoms with Crippen molar-refractivity contribution in [2.24, 2.45) is 0 Å². The summed E-state index contributed by atoms with van der Waals surface area (Å²) in [7, 11) is 6.50. The van der Waals surface area contributed by atoms with Gasteiger partial charge in [-0.25, -0.2) is 24.9 Å². The van der Waals surface area contributed by atoms with Crippen molar-refractivity contribution in [3.63, 3.8) is 0 Å². The lowest BCUT2D eigenvalue weighted by molar-refractivity contribution is 0.0503. The zero-order valence-corrected chi connectivity index (χ0v) is 31.0. The number of hydrogen-bond donors (Lipinski definition) is 0. The van der Waals surface area contributed by atoms with Gasteiger partial charge in [0.1, 0.15) is 31.1 Å². The van der Waals surface area contributed by atoms with Crippen LogP contribution in [0, 0.1) is 27.7 Å². The molecule has 0 aliphatic carbocycles. The van der Waals surface area contributed by atoms with E-state index in [1.165, 1.54) is 95.6 Å². The van der Waals surface area contributed by atoms with E-state index in [1.54, 1.807) is 12.4 Å². The topological polar surface area (TPSA) is 135 Å². The third-order valence-corrected chi connectivity index (χ3v) is 7.18. The van der Waals surface area contributed by atoms with Crippen molar-refractivity contribution in [1.82, 2.24) is 60.0 Å². The summed E-state index contributed by atoms with van der Waals surface area (Å²) >= 11 is 0. The zero-order chi connectivity index (χ0) is 35.8. The number of ether oxygens (including phenoxy) is 1. The van der Waals surface area contributed by atoms with Crippen LogP contribution in [0.4, 0.5) is 0 Å². The minimum Gasteiger partial charge on any atom is -0.379 e.